The van der Waals surface area contributed by atoms with Gasteiger partial charge in [0, 0.05) is 11.6 Å². The summed E-state index contributed by atoms with van der Waals surface area (Å²) in [6, 6.07) is 6.99. The van der Waals surface area contributed by atoms with Crippen LogP contribution in [-0.2, 0) is 4.79 Å². The molecular weight excluding hydrogens is 300 g/mol. The van der Waals surface area contributed by atoms with E-state index in [-0.39, 0.29) is 12.5 Å². The zero-order chi connectivity index (χ0) is 16.2. The topological polar surface area (TPSA) is 41.6 Å². The SMILES string of the molecule is CCN(CC)CCCCCNC(=O)COc1ccc(Cl)cc1. The molecular formula is C17H27ClN2O2. The summed E-state index contributed by atoms with van der Waals surface area (Å²) in [7, 11) is 0. The summed E-state index contributed by atoms with van der Waals surface area (Å²) in [6.07, 6.45) is 3.32. The molecule has 0 fully saturated rings. The fourth-order valence-corrected chi connectivity index (χ4v) is 2.26. The van der Waals surface area contributed by atoms with Crippen LogP contribution in [0.25, 0.3) is 0 Å². The molecule has 1 rings (SSSR count). The van der Waals surface area contributed by atoms with E-state index >= 15 is 0 Å². The normalized spacial score (nSPS) is 10.7. The summed E-state index contributed by atoms with van der Waals surface area (Å²) in [4.78, 5) is 14.1. The predicted molar refractivity (Wildman–Crippen MR) is 91.6 cm³/mol. The van der Waals surface area contributed by atoms with Crippen LogP contribution in [0.2, 0.25) is 5.02 Å². The first-order valence-corrected chi connectivity index (χ1v) is 8.41. The minimum Gasteiger partial charge on any atom is -0.484 e. The molecule has 0 heterocycles. The minimum absolute atomic E-state index is 0.0427. The summed E-state index contributed by atoms with van der Waals surface area (Å²) >= 11 is 5.78. The third kappa shape index (κ3) is 8.25. The van der Waals surface area contributed by atoms with Crippen molar-refractivity contribution in [2.24, 2.45) is 0 Å². The quantitative estimate of drug-likeness (QED) is 0.634. The van der Waals surface area contributed by atoms with Gasteiger partial charge in [-0.3, -0.25) is 4.79 Å². The molecule has 1 amide bonds. The van der Waals surface area contributed by atoms with Crippen LogP contribution in [0.1, 0.15) is 33.1 Å². The number of carbonyl (C=O) groups is 1. The molecule has 124 valence electrons. The number of nitrogens with one attached hydrogen (secondary N) is 1. The molecule has 22 heavy (non-hydrogen) atoms. The van der Waals surface area contributed by atoms with Gasteiger partial charge in [0.2, 0.25) is 0 Å². The van der Waals surface area contributed by atoms with Crippen LogP contribution in [-0.4, -0.2) is 43.6 Å². The first-order chi connectivity index (χ1) is 10.7. The van der Waals surface area contributed by atoms with Crippen molar-refractivity contribution in [1.82, 2.24) is 10.2 Å². The van der Waals surface area contributed by atoms with E-state index in [0.717, 1.165) is 32.5 Å². The van der Waals surface area contributed by atoms with Gasteiger partial charge in [0.05, 0.1) is 0 Å². The second kappa shape index (κ2) is 11.3. The van der Waals surface area contributed by atoms with Crippen molar-refractivity contribution < 1.29 is 9.53 Å². The van der Waals surface area contributed by atoms with Crippen LogP contribution < -0.4 is 10.1 Å². The van der Waals surface area contributed by atoms with Crippen molar-refractivity contribution in [3.05, 3.63) is 29.3 Å². The Morgan fingerprint density at radius 1 is 1.14 bits per heavy atom. The molecule has 1 aromatic carbocycles. The van der Waals surface area contributed by atoms with Crippen molar-refractivity contribution >= 4 is 17.5 Å². The van der Waals surface area contributed by atoms with Gasteiger partial charge in [0.1, 0.15) is 5.75 Å². The molecule has 0 aliphatic rings. The third-order valence-corrected chi connectivity index (χ3v) is 3.80. The maximum atomic E-state index is 11.6. The number of amides is 1. The third-order valence-electron chi connectivity index (χ3n) is 3.55. The van der Waals surface area contributed by atoms with Gasteiger partial charge in [-0.2, -0.15) is 0 Å². The maximum absolute atomic E-state index is 11.6. The highest BCUT2D eigenvalue weighted by Gasteiger charge is 2.03. The molecule has 0 saturated heterocycles. The highest BCUT2D eigenvalue weighted by molar-refractivity contribution is 6.30. The molecule has 0 aromatic heterocycles. The van der Waals surface area contributed by atoms with E-state index in [0.29, 0.717) is 17.3 Å². The van der Waals surface area contributed by atoms with E-state index in [1.54, 1.807) is 24.3 Å². The molecule has 0 aliphatic carbocycles. The number of rotatable bonds is 11. The van der Waals surface area contributed by atoms with Crippen LogP contribution >= 0.6 is 11.6 Å². The van der Waals surface area contributed by atoms with Gasteiger partial charge in [0.25, 0.3) is 5.91 Å². The number of benzene rings is 1. The van der Waals surface area contributed by atoms with Crippen LogP contribution in [0.15, 0.2) is 24.3 Å². The van der Waals surface area contributed by atoms with Crippen molar-refractivity contribution in [3.8, 4) is 5.75 Å². The van der Waals surface area contributed by atoms with Gasteiger partial charge in [-0.05, 0) is 56.7 Å². The van der Waals surface area contributed by atoms with E-state index in [9.17, 15) is 4.79 Å². The summed E-state index contributed by atoms with van der Waals surface area (Å²) in [5.41, 5.74) is 0. The molecule has 0 radical (unpaired) electrons. The molecule has 1 aromatic rings. The minimum atomic E-state index is -0.0845. The second-order valence-electron chi connectivity index (χ2n) is 5.18. The van der Waals surface area contributed by atoms with E-state index < -0.39 is 0 Å². The fraction of sp³-hybridized carbons (Fsp3) is 0.588. The number of ether oxygens (including phenoxy) is 1. The summed E-state index contributed by atoms with van der Waals surface area (Å²) in [5, 5.41) is 3.53. The van der Waals surface area contributed by atoms with Crippen LogP contribution in [0, 0.1) is 0 Å². The summed E-state index contributed by atoms with van der Waals surface area (Å²) in [5.74, 6) is 0.567. The highest BCUT2D eigenvalue weighted by Crippen LogP contribution is 2.15. The lowest BCUT2D eigenvalue weighted by molar-refractivity contribution is -0.123. The van der Waals surface area contributed by atoms with Crippen LogP contribution in [0.3, 0.4) is 0 Å². The Kier molecular flexibility index (Phi) is 9.67. The first-order valence-electron chi connectivity index (χ1n) is 8.03. The molecule has 0 bridgehead atoms. The van der Waals surface area contributed by atoms with Gasteiger partial charge in [-0.1, -0.05) is 31.9 Å². The van der Waals surface area contributed by atoms with Crippen LogP contribution in [0.4, 0.5) is 0 Å². The summed E-state index contributed by atoms with van der Waals surface area (Å²) < 4.78 is 5.38. The van der Waals surface area contributed by atoms with Gasteiger partial charge >= 0.3 is 0 Å². The Bertz CT molecular complexity index is 419. The zero-order valence-electron chi connectivity index (χ0n) is 13.6. The number of hydrogen-bond acceptors (Lipinski definition) is 3. The van der Waals surface area contributed by atoms with Crippen LogP contribution in [0.5, 0.6) is 5.75 Å². The van der Waals surface area contributed by atoms with E-state index in [1.807, 2.05) is 0 Å². The monoisotopic (exact) mass is 326 g/mol. The molecule has 0 saturated carbocycles. The Labute approximate surface area is 138 Å². The molecule has 0 unspecified atom stereocenters. The largest absolute Gasteiger partial charge is 0.484 e. The number of carbonyl (C=O) groups excluding carboxylic acids is 1. The number of hydrogen-bond donors (Lipinski definition) is 1. The van der Waals surface area contributed by atoms with Crippen molar-refractivity contribution in [2.45, 2.75) is 33.1 Å². The standard InChI is InChI=1S/C17H27ClN2O2/c1-3-20(4-2)13-7-5-6-12-19-17(21)14-22-16-10-8-15(18)9-11-16/h8-11H,3-7,12-14H2,1-2H3,(H,19,21). The highest BCUT2D eigenvalue weighted by atomic mass is 35.5. The molecule has 5 heteroatoms. The van der Waals surface area contributed by atoms with Crippen molar-refractivity contribution in [3.63, 3.8) is 0 Å². The number of halogens is 1. The van der Waals surface area contributed by atoms with Crippen molar-refractivity contribution in [2.75, 3.05) is 32.8 Å². The van der Waals surface area contributed by atoms with E-state index in [1.165, 1.54) is 6.42 Å². The molecule has 0 atom stereocenters. The molecule has 4 nitrogen and oxygen atoms in total. The van der Waals surface area contributed by atoms with Crippen molar-refractivity contribution in [1.29, 1.82) is 0 Å². The Morgan fingerprint density at radius 2 is 1.82 bits per heavy atom. The van der Waals surface area contributed by atoms with Gasteiger partial charge in [-0.15, -0.1) is 0 Å². The Morgan fingerprint density at radius 3 is 2.45 bits per heavy atom. The Balaban J connectivity index is 2.03. The van der Waals surface area contributed by atoms with Gasteiger partial charge < -0.3 is 15.0 Å². The number of unbranched alkanes of at least 4 members (excludes halogenated alkanes) is 2. The van der Waals surface area contributed by atoms with Gasteiger partial charge in [-0.25, -0.2) is 0 Å². The lowest BCUT2D eigenvalue weighted by Crippen LogP contribution is -2.30. The average molecular weight is 327 g/mol. The second-order valence-corrected chi connectivity index (χ2v) is 5.62. The first kappa shape index (κ1) is 18.8. The maximum Gasteiger partial charge on any atom is 0.257 e. The molecule has 1 N–H and O–H groups in total. The average Bonchev–Trinajstić information content (AvgIpc) is 2.54. The summed E-state index contributed by atoms with van der Waals surface area (Å²) in [6.45, 7) is 8.47. The lowest BCUT2D eigenvalue weighted by Gasteiger charge is -2.17. The molecule has 0 aliphatic heterocycles. The Hall–Kier alpha value is -1.26. The van der Waals surface area contributed by atoms with E-state index in [2.05, 4.69) is 24.1 Å². The smallest absolute Gasteiger partial charge is 0.257 e. The van der Waals surface area contributed by atoms with Gasteiger partial charge in [0.15, 0.2) is 6.61 Å². The number of nitrogens with zero attached hydrogens (tertiary/aromatic N) is 1. The zero-order valence-corrected chi connectivity index (χ0v) is 14.4. The molecule has 0 spiro atoms. The predicted octanol–water partition coefficient (Wildman–Crippen LogP) is 3.35. The lowest BCUT2D eigenvalue weighted by atomic mass is 10.2. The van der Waals surface area contributed by atoms with E-state index in [4.69, 9.17) is 16.3 Å². The fourth-order valence-electron chi connectivity index (χ4n) is 2.14.